The summed E-state index contributed by atoms with van der Waals surface area (Å²) in [5.41, 5.74) is -0.254. The highest BCUT2D eigenvalue weighted by atomic mass is 16.6. The fourth-order valence-electron chi connectivity index (χ4n) is 1.03. The molecule has 1 aromatic rings. The van der Waals surface area contributed by atoms with Crippen LogP contribution in [0.25, 0.3) is 0 Å². The minimum absolute atomic E-state index is 0.0168. The number of nitro groups is 1. The van der Waals surface area contributed by atoms with Crippen LogP contribution in [0.15, 0.2) is 12.3 Å². The normalized spacial score (nSPS) is 9.18. The number of aromatic nitrogens is 1. The van der Waals surface area contributed by atoms with Crippen LogP contribution in [-0.4, -0.2) is 29.4 Å². The Morgan fingerprint density at radius 1 is 1.71 bits per heavy atom. The van der Waals surface area contributed by atoms with Crippen LogP contribution in [0.4, 0.5) is 11.5 Å². The molecule has 1 rings (SSSR count). The maximum Gasteiger partial charge on any atom is 0.289 e. The molecule has 0 fully saturated rings. The Labute approximate surface area is 96.4 Å². The van der Waals surface area contributed by atoms with Gasteiger partial charge in [-0.05, 0) is 0 Å². The minimum Gasteiger partial charge on any atom is -0.360 e. The van der Waals surface area contributed by atoms with E-state index in [1.165, 1.54) is 7.05 Å². The summed E-state index contributed by atoms with van der Waals surface area (Å²) in [6.45, 7) is -0.0595. The molecule has 2 N–H and O–H groups in total. The lowest BCUT2D eigenvalue weighted by molar-refractivity contribution is -0.385. The molecule has 0 atom stereocenters. The van der Waals surface area contributed by atoms with Crippen LogP contribution in [0.2, 0.25) is 0 Å². The van der Waals surface area contributed by atoms with Gasteiger partial charge in [0.15, 0.2) is 0 Å². The zero-order valence-corrected chi connectivity index (χ0v) is 8.93. The molecule has 0 aliphatic rings. The highest BCUT2D eigenvalue weighted by Gasteiger charge is 2.12. The smallest absolute Gasteiger partial charge is 0.289 e. The number of amides is 1. The summed E-state index contributed by atoms with van der Waals surface area (Å²) in [4.78, 5) is 24.5. The molecular formula is C9H9N5O3. The topological polar surface area (TPSA) is 121 Å². The first-order valence-corrected chi connectivity index (χ1v) is 4.57. The van der Waals surface area contributed by atoms with E-state index in [2.05, 4.69) is 15.6 Å². The van der Waals surface area contributed by atoms with Crippen LogP contribution in [0.1, 0.15) is 5.56 Å². The van der Waals surface area contributed by atoms with Crippen molar-refractivity contribution in [2.75, 3.05) is 18.9 Å². The Kier molecular flexibility index (Phi) is 3.94. The van der Waals surface area contributed by atoms with Gasteiger partial charge in [-0.15, -0.1) is 0 Å². The number of anilines is 1. The van der Waals surface area contributed by atoms with Crippen LogP contribution < -0.4 is 10.6 Å². The van der Waals surface area contributed by atoms with E-state index in [-0.39, 0.29) is 29.5 Å². The van der Waals surface area contributed by atoms with Gasteiger partial charge in [-0.2, -0.15) is 5.26 Å². The molecule has 88 valence electrons. The second-order valence-corrected chi connectivity index (χ2v) is 2.99. The Bertz CT molecular complexity index is 494. The summed E-state index contributed by atoms with van der Waals surface area (Å²) in [6, 6.07) is 2.87. The molecule has 1 heterocycles. The summed E-state index contributed by atoms with van der Waals surface area (Å²) in [6.07, 6.45) is 1.02. The number of nitriles is 1. The van der Waals surface area contributed by atoms with E-state index >= 15 is 0 Å². The van der Waals surface area contributed by atoms with Gasteiger partial charge in [0.05, 0.1) is 11.5 Å². The molecule has 8 heteroatoms. The number of pyridine rings is 1. The van der Waals surface area contributed by atoms with Crippen molar-refractivity contribution in [2.24, 2.45) is 0 Å². The number of carbonyl (C=O) groups is 1. The van der Waals surface area contributed by atoms with E-state index in [4.69, 9.17) is 5.26 Å². The average Bonchev–Trinajstić information content (AvgIpc) is 2.35. The maximum absolute atomic E-state index is 11.0. The molecular weight excluding hydrogens is 226 g/mol. The Morgan fingerprint density at radius 2 is 2.41 bits per heavy atom. The highest BCUT2D eigenvalue weighted by molar-refractivity contribution is 5.80. The third kappa shape index (κ3) is 3.13. The molecule has 0 spiro atoms. The Balaban J connectivity index is 2.90. The first-order chi connectivity index (χ1) is 8.08. The van der Waals surface area contributed by atoms with Crippen molar-refractivity contribution in [3.63, 3.8) is 0 Å². The fraction of sp³-hybridized carbons (Fsp3) is 0.222. The molecule has 0 aliphatic carbocycles. The Hall–Kier alpha value is -2.69. The molecule has 17 heavy (non-hydrogen) atoms. The molecule has 0 radical (unpaired) electrons. The van der Waals surface area contributed by atoms with Gasteiger partial charge < -0.3 is 10.6 Å². The van der Waals surface area contributed by atoms with Crippen LogP contribution in [0.5, 0.6) is 0 Å². The van der Waals surface area contributed by atoms with Crippen molar-refractivity contribution in [2.45, 2.75) is 0 Å². The minimum atomic E-state index is -0.642. The molecule has 0 aromatic carbocycles. The molecule has 0 aliphatic heterocycles. The molecule has 1 amide bonds. The summed E-state index contributed by atoms with van der Waals surface area (Å²) in [5, 5.41) is 24.3. The monoisotopic (exact) mass is 235 g/mol. The average molecular weight is 235 g/mol. The SMILES string of the molecule is CNC(=O)CNc1ncc([N+](=O)[O-])cc1C#N. The van der Waals surface area contributed by atoms with Crippen molar-refractivity contribution in [1.29, 1.82) is 5.26 Å². The highest BCUT2D eigenvalue weighted by Crippen LogP contribution is 2.17. The van der Waals surface area contributed by atoms with Gasteiger partial charge in [0.25, 0.3) is 5.69 Å². The summed E-state index contributed by atoms with van der Waals surface area (Å²) in [5.74, 6) is -0.143. The van der Waals surface area contributed by atoms with Gasteiger partial charge in [0.2, 0.25) is 5.91 Å². The second kappa shape index (κ2) is 5.41. The van der Waals surface area contributed by atoms with Crippen molar-refractivity contribution < 1.29 is 9.72 Å². The van der Waals surface area contributed by atoms with Crippen LogP contribution >= 0.6 is 0 Å². The third-order valence-electron chi connectivity index (χ3n) is 1.90. The number of rotatable bonds is 4. The molecule has 8 nitrogen and oxygen atoms in total. The van der Waals surface area contributed by atoms with Gasteiger partial charge in [0, 0.05) is 13.1 Å². The fourth-order valence-corrected chi connectivity index (χ4v) is 1.03. The number of nitrogens with one attached hydrogen (secondary N) is 2. The number of nitrogens with zero attached hydrogens (tertiary/aromatic N) is 3. The molecule has 0 bridgehead atoms. The second-order valence-electron chi connectivity index (χ2n) is 2.99. The van der Waals surface area contributed by atoms with Gasteiger partial charge in [-0.25, -0.2) is 4.98 Å². The zero-order chi connectivity index (χ0) is 12.8. The predicted octanol–water partition coefficient (Wildman–Crippen LogP) is 0.0194. The number of carbonyl (C=O) groups excluding carboxylic acids is 1. The van der Waals surface area contributed by atoms with E-state index in [1.807, 2.05) is 0 Å². The van der Waals surface area contributed by atoms with Crippen LogP contribution in [-0.2, 0) is 4.79 Å². The van der Waals surface area contributed by atoms with Crippen molar-refractivity contribution >= 4 is 17.4 Å². The summed E-state index contributed by atoms with van der Waals surface area (Å²) >= 11 is 0. The molecule has 0 saturated heterocycles. The van der Waals surface area contributed by atoms with Gasteiger partial charge in [-0.3, -0.25) is 14.9 Å². The third-order valence-corrected chi connectivity index (χ3v) is 1.90. The van der Waals surface area contributed by atoms with E-state index in [9.17, 15) is 14.9 Å². The van der Waals surface area contributed by atoms with Crippen LogP contribution in [0, 0.1) is 21.4 Å². The van der Waals surface area contributed by atoms with E-state index in [1.54, 1.807) is 6.07 Å². The van der Waals surface area contributed by atoms with Gasteiger partial charge >= 0.3 is 0 Å². The summed E-state index contributed by atoms with van der Waals surface area (Å²) < 4.78 is 0. The molecule has 0 unspecified atom stereocenters. The first-order valence-electron chi connectivity index (χ1n) is 4.57. The maximum atomic E-state index is 11.0. The number of hydrogen-bond acceptors (Lipinski definition) is 6. The van der Waals surface area contributed by atoms with Crippen LogP contribution in [0.3, 0.4) is 0 Å². The van der Waals surface area contributed by atoms with E-state index in [0.29, 0.717) is 0 Å². The lowest BCUT2D eigenvalue weighted by Crippen LogP contribution is -2.26. The van der Waals surface area contributed by atoms with Gasteiger partial charge in [-0.1, -0.05) is 0 Å². The molecule has 0 saturated carbocycles. The largest absolute Gasteiger partial charge is 0.360 e. The predicted molar refractivity (Wildman–Crippen MR) is 58.2 cm³/mol. The lowest BCUT2D eigenvalue weighted by Gasteiger charge is -2.05. The van der Waals surface area contributed by atoms with Gasteiger partial charge in [0.1, 0.15) is 23.6 Å². The molecule has 1 aromatic heterocycles. The number of hydrogen-bond donors (Lipinski definition) is 2. The zero-order valence-electron chi connectivity index (χ0n) is 8.93. The lowest BCUT2D eigenvalue weighted by atomic mass is 10.2. The first kappa shape index (κ1) is 12.4. The number of likely N-dealkylation sites (N-methyl/N-ethyl adjacent to an activating group) is 1. The quantitative estimate of drug-likeness (QED) is 0.560. The van der Waals surface area contributed by atoms with Crippen molar-refractivity contribution in [3.05, 3.63) is 27.9 Å². The summed E-state index contributed by atoms with van der Waals surface area (Å²) in [7, 11) is 1.47. The van der Waals surface area contributed by atoms with Crippen molar-refractivity contribution in [1.82, 2.24) is 10.3 Å². The van der Waals surface area contributed by atoms with Crippen molar-refractivity contribution in [3.8, 4) is 6.07 Å². The van der Waals surface area contributed by atoms with E-state index in [0.717, 1.165) is 12.3 Å². The van der Waals surface area contributed by atoms with E-state index < -0.39 is 4.92 Å². The Morgan fingerprint density at radius 3 is 2.94 bits per heavy atom. The standard InChI is InChI=1S/C9H9N5O3/c1-11-8(15)5-13-9-6(3-10)2-7(4-12-9)14(16)17/h2,4H,5H2,1H3,(H,11,15)(H,12,13).